The van der Waals surface area contributed by atoms with Gasteiger partial charge in [-0.2, -0.15) is 0 Å². The number of nitrogens with zero attached hydrogens (tertiary/aromatic N) is 1. The minimum Gasteiger partial charge on any atom is -0.492 e. The predicted molar refractivity (Wildman–Crippen MR) is 73.9 cm³/mol. The highest BCUT2D eigenvalue weighted by Gasteiger charge is 2.05. The number of aryl methyl sites for hydroxylation is 1. The molecule has 0 amide bonds. The number of hydrogen-bond donors (Lipinski definition) is 1. The third kappa shape index (κ3) is 3.68. The number of halogens is 1. The Bertz CT molecular complexity index is 540. The summed E-state index contributed by atoms with van der Waals surface area (Å²) in [6, 6.07) is 8.45. The zero-order chi connectivity index (χ0) is 13.7. The van der Waals surface area contributed by atoms with Gasteiger partial charge in [-0.3, -0.25) is 4.98 Å². The Hall–Kier alpha value is -2.10. The molecule has 0 spiro atoms. The van der Waals surface area contributed by atoms with Crippen LogP contribution in [0.3, 0.4) is 0 Å². The Kier molecular flexibility index (Phi) is 4.34. The van der Waals surface area contributed by atoms with Crippen LogP contribution in [0.25, 0.3) is 0 Å². The Balaban J connectivity index is 2.08. The maximum Gasteiger partial charge on any atom is 0.145 e. The first-order valence-corrected chi connectivity index (χ1v) is 6.27. The van der Waals surface area contributed by atoms with E-state index in [-0.39, 0.29) is 5.82 Å². The number of benzene rings is 1. The van der Waals surface area contributed by atoms with Gasteiger partial charge in [0.15, 0.2) is 0 Å². The molecule has 0 aliphatic carbocycles. The highest BCUT2D eigenvalue weighted by molar-refractivity contribution is 5.56. The summed E-state index contributed by atoms with van der Waals surface area (Å²) in [5.74, 6) is 0.220. The molecule has 1 aromatic carbocycles. The number of rotatable bonds is 5. The summed E-state index contributed by atoms with van der Waals surface area (Å²) in [4.78, 5) is 4.31. The SMILES string of the molecule is CCOc1cc(F)ccc1NCc1ccc(C)cn1. The first-order chi connectivity index (χ1) is 9.19. The van der Waals surface area contributed by atoms with Crippen LogP contribution in [0, 0.1) is 12.7 Å². The molecule has 0 saturated carbocycles. The van der Waals surface area contributed by atoms with E-state index in [2.05, 4.69) is 10.3 Å². The van der Waals surface area contributed by atoms with Crippen LogP contribution < -0.4 is 10.1 Å². The highest BCUT2D eigenvalue weighted by Crippen LogP contribution is 2.25. The zero-order valence-electron chi connectivity index (χ0n) is 11.1. The molecule has 0 radical (unpaired) electrons. The second-order valence-corrected chi connectivity index (χ2v) is 4.25. The van der Waals surface area contributed by atoms with Gasteiger partial charge in [0.05, 0.1) is 24.5 Å². The Labute approximate surface area is 112 Å². The van der Waals surface area contributed by atoms with E-state index in [1.807, 2.05) is 32.2 Å². The fourth-order valence-corrected chi connectivity index (χ4v) is 1.71. The first-order valence-electron chi connectivity index (χ1n) is 6.27. The average molecular weight is 260 g/mol. The van der Waals surface area contributed by atoms with E-state index in [0.29, 0.717) is 18.9 Å². The molecule has 0 unspecified atom stereocenters. The normalized spacial score (nSPS) is 10.3. The molecule has 0 fully saturated rings. The van der Waals surface area contributed by atoms with Crippen molar-refractivity contribution >= 4 is 5.69 Å². The van der Waals surface area contributed by atoms with Gasteiger partial charge < -0.3 is 10.1 Å². The summed E-state index contributed by atoms with van der Waals surface area (Å²) in [6.07, 6.45) is 1.82. The summed E-state index contributed by atoms with van der Waals surface area (Å²) < 4.78 is 18.6. The lowest BCUT2D eigenvalue weighted by atomic mass is 10.2. The molecule has 0 bridgehead atoms. The van der Waals surface area contributed by atoms with E-state index in [1.54, 1.807) is 6.07 Å². The molecular formula is C15H17FN2O. The molecule has 100 valence electrons. The minimum atomic E-state index is -0.303. The molecule has 0 atom stereocenters. The van der Waals surface area contributed by atoms with Gasteiger partial charge in [0.1, 0.15) is 11.6 Å². The van der Waals surface area contributed by atoms with Gasteiger partial charge in [-0.25, -0.2) is 4.39 Å². The number of ether oxygens (including phenoxy) is 1. The van der Waals surface area contributed by atoms with Crippen LogP contribution in [0.1, 0.15) is 18.2 Å². The lowest BCUT2D eigenvalue weighted by Gasteiger charge is -2.12. The van der Waals surface area contributed by atoms with E-state index < -0.39 is 0 Å². The van der Waals surface area contributed by atoms with Crippen LogP contribution in [0.4, 0.5) is 10.1 Å². The molecular weight excluding hydrogens is 243 g/mol. The molecule has 19 heavy (non-hydrogen) atoms. The molecule has 1 aromatic heterocycles. The van der Waals surface area contributed by atoms with Gasteiger partial charge in [0.2, 0.25) is 0 Å². The lowest BCUT2D eigenvalue weighted by Crippen LogP contribution is -2.04. The van der Waals surface area contributed by atoms with Gasteiger partial charge in [0.25, 0.3) is 0 Å². The zero-order valence-corrected chi connectivity index (χ0v) is 11.1. The van der Waals surface area contributed by atoms with Crippen LogP contribution in [0.5, 0.6) is 5.75 Å². The van der Waals surface area contributed by atoms with E-state index in [1.165, 1.54) is 12.1 Å². The number of hydrogen-bond acceptors (Lipinski definition) is 3. The van der Waals surface area contributed by atoms with E-state index in [0.717, 1.165) is 16.9 Å². The maximum absolute atomic E-state index is 13.2. The van der Waals surface area contributed by atoms with Crippen LogP contribution in [-0.4, -0.2) is 11.6 Å². The monoisotopic (exact) mass is 260 g/mol. The van der Waals surface area contributed by atoms with Crippen molar-refractivity contribution in [1.82, 2.24) is 4.98 Å². The van der Waals surface area contributed by atoms with Gasteiger partial charge in [-0.1, -0.05) is 6.07 Å². The lowest BCUT2D eigenvalue weighted by molar-refractivity contribution is 0.339. The average Bonchev–Trinajstić information content (AvgIpc) is 2.40. The molecule has 1 heterocycles. The quantitative estimate of drug-likeness (QED) is 0.892. The predicted octanol–water partition coefficient (Wildman–Crippen LogP) is 3.54. The number of nitrogens with one attached hydrogen (secondary N) is 1. The molecule has 0 saturated heterocycles. The third-order valence-electron chi connectivity index (χ3n) is 2.68. The molecule has 0 aliphatic rings. The Morgan fingerprint density at radius 2 is 2.11 bits per heavy atom. The topological polar surface area (TPSA) is 34.1 Å². The number of pyridine rings is 1. The largest absolute Gasteiger partial charge is 0.492 e. The van der Waals surface area contributed by atoms with Gasteiger partial charge >= 0.3 is 0 Å². The van der Waals surface area contributed by atoms with Crippen LogP contribution in [-0.2, 0) is 6.54 Å². The van der Waals surface area contributed by atoms with Gasteiger partial charge in [-0.05, 0) is 37.6 Å². The molecule has 1 N–H and O–H groups in total. The standard InChI is InChI=1S/C15H17FN2O/c1-3-19-15-8-12(16)5-7-14(15)18-10-13-6-4-11(2)9-17-13/h4-9,18H,3,10H2,1-2H3. The van der Waals surface area contributed by atoms with Crippen LogP contribution >= 0.6 is 0 Å². The summed E-state index contributed by atoms with van der Waals surface area (Å²) in [7, 11) is 0. The van der Waals surface area contributed by atoms with Gasteiger partial charge in [0, 0.05) is 12.3 Å². The smallest absolute Gasteiger partial charge is 0.145 e. The van der Waals surface area contributed by atoms with E-state index in [9.17, 15) is 4.39 Å². The summed E-state index contributed by atoms with van der Waals surface area (Å²) in [6.45, 7) is 4.94. The molecule has 3 nitrogen and oxygen atoms in total. The van der Waals surface area contributed by atoms with Crippen molar-refractivity contribution in [2.24, 2.45) is 0 Å². The summed E-state index contributed by atoms with van der Waals surface area (Å²) in [5.41, 5.74) is 2.82. The number of anilines is 1. The van der Waals surface area contributed by atoms with Crippen LogP contribution in [0.15, 0.2) is 36.5 Å². The molecule has 4 heteroatoms. The van der Waals surface area contributed by atoms with Crippen molar-refractivity contribution in [1.29, 1.82) is 0 Å². The Morgan fingerprint density at radius 3 is 2.79 bits per heavy atom. The Morgan fingerprint density at radius 1 is 1.26 bits per heavy atom. The fourth-order valence-electron chi connectivity index (χ4n) is 1.71. The van der Waals surface area contributed by atoms with E-state index >= 15 is 0 Å². The van der Waals surface area contributed by atoms with Crippen molar-refractivity contribution in [3.05, 3.63) is 53.6 Å². The molecule has 2 rings (SSSR count). The third-order valence-corrected chi connectivity index (χ3v) is 2.68. The van der Waals surface area contributed by atoms with Crippen molar-refractivity contribution < 1.29 is 9.13 Å². The highest BCUT2D eigenvalue weighted by atomic mass is 19.1. The second-order valence-electron chi connectivity index (χ2n) is 4.25. The minimum absolute atomic E-state index is 0.303. The molecule has 2 aromatic rings. The van der Waals surface area contributed by atoms with Gasteiger partial charge in [-0.15, -0.1) is 0 Å². The second kappa shape index (κ2) is 6.18. The summed E-state index contributed by atoms with van der Waals surface area (Å²) >= 11 is 0. The van der Waals surface area contributed by atoms with E-state index in [4.69, 9.17) is 4.74 Å². The summed E-state index contributed by atoms with van der Waals surface area (Å²) in [5, 5.41) is 3.21. The van der Waals surface area contributed by atoms with Crippen molar-refractivity contribution in [3.8, 4) is 5.75 Å². The molecule has 0 aliphatic heterocycles. The maximum atomic E-state index is 13.2. The van der Waals surface area contributed by atoms with Crippen molar-refractivity contribution in [2.45, 2.75) is 20.4 Å². The van der Waals surface area contributed by atoms with Crippen molar-refractivity contribution in [3.63, 3.8) is 0 Å². The van der Waals surface area contributed by atoms with Crippen LogP contribution in [0.2, 0.25) is 0 Å². The number of aromatic nitrogens is 1. The first kappa shape index (κ1) is 13.3. The fraction of sp³-hybridized carbons (Fsp3) is 0.267. The van der Waals surface area contributed by atoms with Crippen molar-refractivity contribution in [2.75, 3.05) is 11.9 Å².